The van der Waals surface area contributed by atoms with E-state index < -0.39 is 5.97 Å². The maximum Gasteiger partial charge on any atom is 0.337 e. The van der Waals surface area contributed by atoms with E-state index in [0.717, 1.165) is 5.56 Å². The molecule has 2 amide bonds. The van der Waals surface area contributed by atoms with Gasteiger partial charge in [0.05, 0.1) is 24.9 Å². The molecule has 1 N–H and O–H groups in total. The molecular weight excluding hydrogens is 284 g/mol. The van der Waals surface area contributed by atoms with Gasteiger partial charge >= 0.3 is 5.97 Å². The first-order chi connectivity index (χ1) is 10.3. The number of likely N-dealkylation sites (N-methyl/N-ethyl adjacent to an activating group) is 1. The number of nitrogens with zero attached hydrogens (tertiary/aromatic N) is 1. The summed E-state index contributed by atoms with van der Waals surface area (Å²) in [4.78, 5) is 37.0. The minimum Gasteiger partial charge on any atom is -0.466 e. The number of carbonyl (C=O) groups excluding carboxylic acids is 3. The minimum atomic E-state index is -0.572. The molecular formula is C16H18N2O4. The number of ether oxygens (including phenoxy) is 1. The predicted octanol–water partition coefficient (Wildman–Crippen LogP) is 1.10. The van der Waals surface area contributed by atoms with Gasteiger partial charge in [-0.3, -0.25) is 9.59 Å². The first-order valence-electron chi connectivity index (χ1n) is 6.80. The van der Waals surface area contributed by atoms with Crippen molar-refractivity contribution in [2.45, 2.75) is 13.8 Å². The lowest BCUT2D eigenvalue weighted by molar-refractivity contribution is -0.136. The fourth-order valence-electron chi connectivity index (χ4n) is 2.27. The summed E-state index contributed by atoms with van der Waals surface area (Å²) in [6, 6.07) is 5.42. The highest BCUT2D eigenvalue weighted by Gasteiger charge is 2.29. The highest BCUT2D eigenvalue weighted by Crippen LogP contribution is 2.28. The summed E-state index contributed by atoms with van der Waals surface area (Å²) in [7, 11) is 2.85. The molecule has 6 heteroatoms. The van der Waals surface area contributed by atoms with Crippen LogP contribution in [-0.4, -0.2) is 43.4 Å². The lowest BCUT2D eigenvalue weighted by atomic mass is 10.0. The summed E-state index contributed by atoms with van der Waals surface area (Å²) < 4.78 is 4.79. The second-order valence-corrected chi connectivity index (χ2v) is 5.22. The van der Waals surface area contributed by atoms with E-state index in [1.165, 1.54) is 18.9 Å². The van der Waals surface area contributed by atoms with Gasteiger partial charge in [-0.05, 0) is 13.0 Å². The van der Waals surface area contributed by atoms with Crippen molar-refractivity contribution in [2.75, 3.05) is 20.7 Å². The van der Waals surface area contributed by atoms with Crippen LogP contribution in [0.5, 0.6) is 0 Å². The molecule has 0 aliphatic carbocycles. The van der Waals surface area contributed by atoms with Crippen molar-refractivity contribution in [1.82, 2.24) is 10.2 Å². The summed E-state index contributed by atoms with van der Waals surface area (Å²) in [5.41, 5.74) is 2.77. The summed E-state index contributed by atoms with van der Waals surface area (Å²) in [6.45, 7) is 3.36. The van der Waals surface area contributed by atoms with Gasteiger partial charge in [0.2, 0.25) is 5.91 Å². The number of rotatable bonds is 3. The van der Waals surface area contributed by atoms with E-state index in [1.807, 2.05) is 13.0 Å². The molecule has 1 aromatic carbocycles. The monoisotopic (exact) mass is 302 g/mol. The lowest BCUT2D eigenvalue weighted by Crippen LogP contribution is -2.30. The SMILES string of the molecule is COC(=O)/C(CN(C)C(C)=O)=C1/NC(=O)c2cc(C)ccc21. The van der Waals surface area contributed by atoms with Gasteiger partial charge in [0.25, 0.3) is 5.91 Å². The Labute approximate surface area is 128 Å². The van der Waals surface area contributed by atoms with Crippen molar-refractivity contribution in [3.05, 3.63) is 40.5 Å². The average molecular weight is 302 g/mol. The smallest absolute Gasteiger partial charge is 0.337 e. The fraction of sp³-hybridized carbons (Fsp3) is 0.312. The van der Waals surface area contributed by atoms with Gasteiger partial charge in [-0.25, -0.2) is 4.79 Å². The van der Waals surface area contributed by atoms with Crippen molar-refractivity contribution >= 4 is 23.5 Å². The Balaban J connectivity index is 2.55. The van der Waals surface area contributed by atoms with Crippen molar-refractivity contribution in [3.63, 3.8) is 0 Å². The number of amides is 2. The van der Waals surface area contributed by atoms with Crippen LogP contribution in [0.3, 0.4) is 0 Å². The molecule has 0 spiro atoms. The molecule has 116 valence electrons. The molecule has 22 heavy (non-hydrogen) atoms. The Hall–Kier alpha value is -2.63. The second-order valence-electron chi connectivity index (χ2n) is 5.22. The molecule has 0 aromatic heterocycles. The number of fused-ring (bicyclic) bond motifs is 1. The molecule has 1 aliphatic heterocycles. The van der Waals surface area contributed by atoms with Crippen molar-refractivity contribution in [1.29, 1.82) is 0 Å². The number of nitrogens with one attached hydrogen (secondary N) is 1. The molecule has 1 aromatic rings. The quantitative estimate of drug-likeness (QED) is 0.670. The van der Waals surface area contributed by atoms with E-state index in [0.29, 0.717) is 16.8 Å². The normalized spacial score (nSPS) is 15.0. The van der Waals surface area contributed by atoms with E-state index >= 15 is 0 Å². The van der Waals surface area contributed by atoms with Crippen LogP contribution in [0.1, 0.15) is 28.4 Å². The molecule has 0 atom stereocenters. The Morgan fingerprint density at radius 1 is 1.27 bits per heavy atom. The standard InChI is InChI=1S/C16H18N2O4/c1-9-5-6-11-12(7-9)15(20)17-14(11)13(16(21)22-4)8-18(3)10(2)19/h5-7H,8H2,1-4H3,(H,17,20)/b14-13+. The highest BCUT2D eigenvalue weighted by atomic mass is 16.5. The zero-order valence-electron chi connectivity index (χ0n) is 13.0. The third-order valence-electron chi connectivity index (χ3n) is 3.59. The minimum absolute atomic E-state index is 0.0605. The molecule has 0 fully saturated rings. The zero-order chi connectivity index (χ0) is 16.4. The number of esters is 1. The van der Waals surface area contributed by atoms with E-state index in [-0.39, 0.29) is 23.9 Å². The molecule has 0 saturated carbocycles. The van der Waals surface area contributed by atoms with Crippen molar-refractivity contribution in [3.8, 4) is 0 Å². The molecule has 0 saturated heterocycles. The second kappa shape index (κ2) is 6.01. The molecule has 0 radical (unpaired) electrons. The molecule has 1 aliphatic rings. The molecule has 2 rings (SSSR count). The summed E-state index contributed by atoms with van der Waals surface area (Å²) in [5.74, 6) is -1.02. The van der Waals surface area contributed by atoms with E-state index in [1.54, 1.807) is 19.2 Å². The van der Waals surface area contributed by atoms with Crippen LogP contribution in [0, 0.1) is 6.92 Å². The summed E-state index contributed by atoms with van der Waals surface area (Å²) in [5, 5.41) is 2.71. The van der Waals surface area contributed by atoms with E-state index in [9.17, 15) is 14.4 Å². The van der Waals surface area contributed by atoms with Gasteiger partial charge in [-0.1, -0.05) is 17.7 Å². The zero-order valence-corrected chi connectivity index (χ0v) is 13.0. The first-order valence-corrected chi connectivity index (χ1v) is 6.80. The highest BCUT2D eigenvalue weighted by molar-refractivity contribution is 6.13. The Morgan fingerprint density at radius 2 is 1.95 bits per heavy atom. The van der Waals surface area contributed by atoms with Crippen LogP contribution in [0.25, 0.3) is 5.70 Å². The Bertz CT molecular complexity index is 691. The number of aryl methyl sites for hydroxylation is 1. The average Bonchev–Trinajstić information content (AvgIpc) is 2.80. The third kappa shape index (κ3) is 2.86. The van der Waals surface area contributed by atoms with Crippen LogP contribution in [0.4, 0.5) is 0 Å². The Kier molecular flexibility index (Phi) is 4.30. The predicted molar refractivity (Wildman–Crippen MR) is 80.9 cm³/mol. The topological polar surface area (TPSA) is 75.7 Å². The summed E-state index contributed by atoms with van der Waals surface area (Å²) >= 11 is 0. The van der Waals surface area contributed by atoms with Crippen LogP contribution in [-0.2, 0) is 14.3 Å². The van der Waals surface area contributed by atoms with Crippen LogP contribution in [0.2, 0.25) is 0 Å². The van der Waals surface area contributed by atoms with Gasteiger partial charge in [0.1, 0.15) is 0 Å². The number of benzene rings is 1. The summed E-state index contributed by atoms with van der Waals surface area (Å²) in [6.07, 6.45) is 0. The van der Waals surface area contributed by atoms with Gasteiger partial charge in [0.15, 0.2) is 0 Å². The third-order valence-corrected chi connectivity index (χ3v) is 3.59. The maximum absolute atomic E-state index is 12.1. The number of hydrogen-bond acceptors (Lipinski definition) is 4. The first kappa shape index (κ1) is 15.8. The number of carbonyl (C=O) groups is 3. The van der Waals surface area contributed by atoms with Crippen LogP contribution < -0.4 is 5.32 Å². The van der Waals surface area contributed by atoms with Gasteiger partial charge in [0, 0.05) is 25.1 Å². The maximum atomic E-state index is 12.1. The molecule has 0 unspecified atom stereocenters. The lowest BCUT2D eigenvalue weighted by Gasteiger charge is -2.18. The molecule has 6 nitrogen and oxygen atoms in total. The molecule has 0 bridgehead atoms. The fourth-order valence-corrected chi connectivity index (χ4v) is 2.27. The Morgan fingerprint density at radius 3 is 2.55 bits per heavy atom. The van der Waals surface area contributed by atoms with Crippen molar-refractivity contribution < 1.29 is 19.1 Å². The van der Waals surface area contributed by atoms with Crippen LogP contribution in [0.15, 0.2) is 23.8 Å². The molecule has 1 heterocycles. The van der Waals surface area contributed by atoms with E-state index in [4.69, 9.17) is 4.74 Å². The van der Waals surface area contributed by atoms with Gasteiger partial charge in [-0.2, -0.15) is 0 Å². The van der Waals surface area contributed by atoms with Gasteiger partial charge < -0.3 is 15.0 Å². The van der Waals surface area contributed by atoms with Crippen molar-refractivity contribution in [2.24, 2.45) is 0 Å². The largest absolute Gasteiger partial charge is 0.466 e. The van der Waals surface area contributed by atoms with Gasteiger partial charge in [-0.15, -0.1) is 0 Å². The van der Waals surface area contributed by atoms with E-state index in [2.05, 4.69) is 5.32 Å². The van der Waals surface area contributed by atoms with Crippen LogP contribution >= 0.6 is 0 Å². The number of methoxy groups -OCH3 is 1. The number of hydrogen-bond donors (Lipinski definition) is 1.